The minimum atomic E-state index is -1.00. The van der Waals surface area contributed by atoms with Gasteiger partial charge in [0.05, 0.1) is 12.0 Å². The average molecular weight is 453 g/mol. The molecule has 1 amide bonds. The first kappa shape index (κ1) is 19.9. The highest BCUT2D eigenvalue weighted by atomic mass is 35.5. The van der Waals surface area contributed by atoms with Crippen LogP contribution in [0, 0.1) is 0 Å². The second-order valence-electron chi connectivity index (χ2n) is 7.79. The largest absolute Gasteiger partial charge is 0.480 e. The van der Waals surface area contributed by atoms with Gasteiger partial charge in [-0.2, -0.15) is 0 Å². The van der Waals surface area contributed by atoms with Gasteiger partial charge in [-0.1, -0.05) is 71.7 Å². The molecule has 2 atom stereocenters. The van der Waals surface area contributed by atoms with E-state index in [2.05, 4.69) is 10.6 Å². The number of aliphatic carboxylic acids is 1. The maximum Gasteiger partial charge on any atom is 0.326 e. The molecule has 0 saturated heterocycles. The second-order valence-corrected chi connectivity index (χ2v) is 8.63. The van der Waals surface area contributed by atoms with E-state index in [9.17, 15) is 14.7 Å². The number of carbonyl (C=O) groups excluding carboxylic acids is 1. The molecule has 0 bridgehead atoms. The van der Waals surface area contributed by atoms with Crippen molar-refractivity contribution in [2.24, 2.45) is 0 Å². The van der Waals surface area contributed by atoms with Gasteiger partial charge < -0.3 is 15.7 Å². The molecule has 0 spiro atoms. The van der Waals surface area contributed by atoms with Crippen LogP contribution in [-0.4, -0.2) is 23.0 Å². The number of hydrogen-bond acceptors (Lipinski definition) is 3. The van der Waals surface area contributed by atoms with Gasteiger partial charge in [0, 0.05) is 27.7 Å². The van der Waals surface area contributed by atoms with Crippen LogP contribution >= 0.6 is 23.2 Å². The summed E-state index contributed by atoms with van der Waals surface area (Å²) in [6, 6.07) is 17.5. The molecule has 1 aliphatic carbocycles. The van der Waals surface area contributed by atoms with Crippen LogP contribution in [0.4, 0.5) is 5.69 Å². The van der Waals surface area contributed by atoms with Crippen molar-refractivity contribution in [1.82, 2.24) is 5.32 Å². The van der Waals surface area contributed by atoms with Crippen LogP contribution in [-0.2, 0) is 9.59 Å². The molecule has 3 aromatic rings. The van der Waals surface area contributed by atoms with E-state index >= 15 is 0 Å². The van der Waals surface area contributed by atoms with Crippen LogP contribution in [0.2, 0.25) is 10.0 Å². The van der Waals surface area contributed by atoms with Crippen molar-refractivity contribution in [2.75, 3.05) is 5.32 Å². The fourth-order valence-corrected chi connectivity index (χ4v) is 5.27. The topological polar surface area (TPSA) is 78.4 Å². The molecular formula is C24H18Cl2N2O3. The number of fused-ring (bicyclic) bond motifs is 4. The van der Waals surface area contributed by atoms with Crippen LogP contribution in [0.15, 0.2) is 60.7 Å². The lowest BCUT2D eigenvalue weighted by molar-refractivity contribution is -0.138. The molecule has 156 valence electrons. The molecule has 7 heteroatoms. The lowest BCUT2D eigenvalue weighted by Gasteiger charge is -2.33. The van der Waals surface area contributed by atoms with Crippen molar-refractivity contribution in [1.29, 1.82) is 0 Å². The monoisotopic (exact) mass is 452 g/mol. The summed E-state index contributed by atoms with van der Waals surface area (Å²) in [5, 5.41) is 16.4. The van der Waals surface area contributed by atoms with E-state index in [0.717, 1.165) is 22.3 Å². The van der Waals surface area contributed by atoms with Gasteiger partial charge in [0.2, 0.25) is 5.91 Å². The molecule has 3 N–H and O–H groups in total. The first-order chi connectivity index (χ1) is 14.9. The number of halogens is 2. The van der Waals surface area contributed by atoms with Gasteiger partial charge in [-0.15, -0.1) is 0 Å². The van der Waals surface area contributed by atoms with Crippen molar-refractivity contribution in [2.45, 2.75) is 24.4 Å². The van der Waals surface area contributed by atoms with Crippen molar-refractivity contribution in [3.05, 3.63) is 87.4 Å². The van der Waals surface area contributed by atoms with E-state index < -0.39 is 24.0 Å². The summed E-state index contributed by atoms with van der Waals surface area (Å²) in [4.78, 5) is 25.3. The molecule has 1 aliphatic heterocycles. The van der Waals surface area contributed by atoms with E-state index in [-0.39, 0.29) is 12.3 Å². The first-order valence-electron chi connectivity index (χ1n) is 9.91. The Morgan fingerprint density at radius 3 is 2.19 bits per heavy atom. The summed E-state index contributed by atoms with van der Waals surface area (Å²) in [6.45, 7) is 0. The molecular weight excluding hydrogens is 435 g/mol. The lowest BCUT2D eigenvalue weighted by Crippen LogP contribution is -2.42. The molecule has 5 nitrogen and oxygen atoms in total. The van der Waals surface area contributed by atoms with Gasteiger partial charge in [0.1, 0.15) is 6.04 Å². The van der Waals surface area contributed by atoms with Crippen molar-refractivity contribution >= 4 is 40.8 Å². The molecule has 0 saturated carbocycles. The number of anilines is 1. The Kier molecular flexibility index (Phi) is 4.88. The molecule has 0 fully saturated rings. The fraction of sp³-hybridized carbons (Fsp3) is 0.167. The number of benzene rings is 3. The number of amides is 1. The number of carboxylic acid groups (broad SMARTS) is 1. The van der Waals surface area contributed by atoms with Gasteiger partial charge in [-0.3, -0.25) is 4.79 Å². The fourth-order valence-electron chi connectivity index (χ4n) is 4.65. The maximum atomic E-state index is 13.6. The standard InChI is InChI=1S/C24H18Cl2N2O3/c25-12-9-17(26)22-18(10-12)27-20(24(30)31)11-19(22)28-23(29)21-15-7-3-1-5-13(15)14-6-2-4-8-16(14)21/h1-10,19-21,27H,11H2,(H,28,29)(H,30,31)/t19-,20+/m1/s1. The molecule has 0 unspecified atom stereocenters. The summed E-state index contributed by atoms with van der Waals surface area (Å²) >= 11 is 12.6. The molecule has 5 rings (SSSR count). The maximum absolute atomic E-state index is 13.6. The Labute approximate surface area is 189 Å². The highest BCUT2D eigenvalue weighted by Crippen LogP contribution is 2.46. The van der Waals surface area contributed by atoms with Crippen molar-refractivity contribution < 1.29 is 14.7 Å². The van der Waals surface area contributed by atoms with E-state index in [1.54, 1.807) is 12.1 Å². The zero-order valence-electron chi connectivity index (χ0n) is 16.2. The first-order valence-corrected chi connectivity index (χ1v) is 10.7. The summed E-state index contributed by atoms with van der Waals surface area (Å²) < 4.78 is 0. The Balaban J connectivity index is 1.53. The minimum Gasteiger partial charge on any atom is -0.480 e. The zero-order chi connectivity index (χ0) is 21.7. The average Bonchev–Trinajstić information content (AvgIpc) is 3.07. The number of nitrogens with one attached hydrogen (secondary N) is 2. The Morgan fingerprint density at radius 1 is 0.968 bits per heavy atom. The SMILES string of the molecule is O=C(N[C@@H]1C[C@@H](C(=O)O)Nc2cc(Cl)cc(Cl)c21)C1c2ccccc2-c2ccccc21. The number of hydrogen-bond donors (Lipinski definition) is 3. The van der Waals surface area contributed by atoms with E-state index in [4.69, 9.17) is 23.2 Å². The van der Waals surface area contributed by atoms with Gasteiger partial charge >= 0.3 is 5.97 Å². The van der Waals surface area contributed by atoms with E-state index in [1.807, 2.05) is 48.5 Å². The van der Waals surface area contributed by atoms with Crippen LogP contribution < -0.4 is 10.6 Å². The molecule has 31 heavy (non-hydrogen) atoms. The predicted octanol–water partition coefficient (Wildman–Crippen LogP) is 5.23. The van der Waals surface area contributed by atoms with Gasteiger partial charge in [0.15, 0.2) is 0 Å². The zero-order valence-corrected chi connectivity index (χ0v) is 17.7. The van der Waals surface area contributed by atoms with Gasteiger partial charge in [-0.25, -0.2) is 4.79 Å². The smallest absolute Gasteiger partial charge is 0.326 e. The van der Waals surface area contributed by atoms with Gasteiger partial charge in [-0.05, 0) is 34.4 Å². The third-order valence-electron chi connectivity index (χ3n) is 5.95. The van der Waals surface area contributed by atoms with Gasteiger partial charge in [0.25, 0.3) is 0 Å². The number of carbonyl (C=O) groups is 2. The lowest BCUT2D eigenvalue weighted by atomic mass is 9.90. The number of rotatable bonds is 3. The number of carboxylic acids is 1. The molecule has 0 radical (unpaired) electrons. The summed E-state index contributed by atoms with van der Waals surface area (Å²) in [6.07, 6.45) is 0.172. The molecule has 3 aromatic carbocycles. The molecule has 1 heterocycles. The highest BCUT2D eigenvalue weighted by molar-refractivity contribution is 6.35. The molecule has 0 aromatic heterocycles. The third kappa shape index (κ3) is 3.34. The van der Waals surface area contributed by atoms with Crippen LogP contribution in [0.3, 0.4) is 0 Å². The van der Waals surface area contributed by atoms with Crippen molar-refractivity contribution in [3.8, 4) is 11.1 Å². The normalized spacial score (nSPS) is 19.0. The quantitative estimate of drug-likeness (QED) is 0.508. The van der Waals surface area contributed by atoms with E-state index in [0.29, 0.717) is 21.3 Å². The minimum absolute atomic E-state index is 0.172. The Morgan fingerprint density at radius 2 is 1.58 bits per heavy atom. The summed E-state index contributed by atoms with van der Waals surface area (Å²) in [5.41, 5.74) is 5.12. The Hall–Kier alpha value is -3.02. The second kappa shape index (κ2) is 7.59. The summed E-state index contributed by atoms with van der Waals surface area (Å²) in [5.74, 6) is -1.66. The van der Waals surface area contributed by atoms with Crippen LogP contribution in [0.25, 0.3) is 11.1 Å². The Bertz CT molecular complexity index is 1180. The summed E-state index contributed by atoms with van der Waals surface area (Å²) in [7, 11) is 0. The van der Waals surface area contributed by atoms with Crippen molar-refractivity contribution in [3.63, 3.8) is 0 Å². The van der Waals surface area contributed by atoms with Crippen LogP contribution in [0.5, 0.6) is 0 Å². The molecule has 2 aliphatic rings. The third-order valence-corrected chi connectivity index (χ3v) is 6.49. The van der Waals surface area contributed by atoms with E-state index in [1.165, 1.54) is 0 Å². The highest BCUT2D eigenvalue weighted by Gasteiger charge is 2.38. The van der Waals surface area contributed by atoms with Crippen LogP contribution in [0.1, 0.15) is 35.1 Å². The predicted molar refractivity (Wildman–Crippen MR) is 121 cm³/mol.